The van der Waals surface area contributed by atoms with Crippen LogP contribution in [0.15, 0.2) is 0 Å². The van der Waals surface area contributed by atoms with Crippen LogP contribution in [0.25, 0.3) is 0 Å². The van der Waals surface area contributed by atoms with E-state index in [1.54, 1.807) is 6.92 Å². The van der Waals surface area contributed by atoms with Crippen LogP contribution in [-0.2, 0) is 19.1 Å². The molecule has 0 aromatic heterocycles. The van der Waals surface area contributed by atoms with Crippen LogP contribution in [0.4, 0.5) is 0 Å². The Morgan fingerprint density at radius 1 is 1.25 bits per heavy atom. The zero-order valence-electron chi connectivity index (χ0n) is 10.8. The van der Waals surface area contributed by atoms with Crippen molar-refractivity contribution in [3.8, 4) is 0 Å². The average molecular weight is 232 g/mol. The highest BCUT2D eigenvalue weighted by Gasteiger charge is 2.14. The van der Waals surface area contributed by atoms with Gasteiger partial charge in [-0.15, -0.1) is 0 Å². The molecule has 0 aliphatic carbocycles. The predicted octanol–water partition coefficient (Wildman–Crippen LogP) is 0.577. The van der Waals surface area contributed by atoms with Gasteiger partial charge < -0.3 is 14.0 Å². The summed E-state index contributed by atoms with van der Waals surface area (Å²) in [6.45, 7) is 4.13. The summed E-state index contributed by atoms with van der Waals surface area (Å²) in [5, 5.41) is 0. The Hall–Kier alpha value is -1.10. The summed E-state index contributed by atoms with van der Waals surface area (Å²) in [5.74, 6) is -0.714. The van der Waals surface area contributed by atoms with Crippen LogP contribution in [0, 0.1) is 0 Å². The van der Waals surface area contributed by atoms with Gasteiger partial charge in [0.2, 0.25) is 0 Å². The zero-order chi connectivity index (χ0) is 12.8. The number of esters is 2. The van der Waals surface area contributed by atoms with Crippen LogP contribution >= 0.6 is 0 Å². The van der Waals surface area contributed by atoms with E-state index in [4.69, 9.17) is 9.47 Å². The van der Waals surface area contributed by atoms with Gasteiger partial charge >= 0.3 is 11.9 Å². The number of carbonyl (C=O) groups excluding carboxylic acids is 2. The molecule has 0 aliphatic rings. The van der Waals surface area contributed by atoms with Crippen molar-refractivity contribution in [1.82, 2.24) is 0 Å². The van der Waals surface area contributed by atoms with E-state index in [0.717, 1.165) is 11.0 Å². The van der Waals surface area contributed by atoms with Gasteiger partial charge in [0, 0.05) is 6.92 Å². The third kappa shape index (κ3) is 9.45. The topological polar surface area (TPSA) is 52.6 Å². The first-order chi connectivity index (χ1) is 7.20. The van der Waals surface area contributed by atoms with Gasteiger partial charge in [-0.1, -0.05) is 0 Å². The molecule has 0 saturated carbocycles. The largest absolute Gasteiger partial charge is 0.462 e. The van der Waals surface area contributed by atoms with E-state index in [2.05, 4.69) is 0 Å². The molecule has 5 heteroatoms. The lowest BCUT2D eigenvalue weighted by Gasteiger charge is -2.23. The SMILES string of the molecule is CC(=O)OC(C)CC(=O)OCC[N+](C)(C)C. The molecule has 0 spiro atoms. The number of carbonyl (C=O) groups is 2. The molecule has 0 saturated heterocycles. The second-order valence-electron chi connectivity index (χ2n) is 4.86. The predicted molar refractivity (Wildman–Crippen MR) is 59.7 cm³/mol. The first-order valence-corrected chi connectivity index (χ1v) is 5.34. The monoisotopic (exact) mass is 232 g/mol. The highest BCUT2D eigenvalue weighted by Crippen LogP contribution is 2.00. The molecule has 0 bridgehead atoms. The molecular formula is C11H22NO4+. The molecule has 0 fully saturated rings. The van der Waals surface area contributed by atoms with E-state index in [9.17, 15) is 9.59 Å². The van der Waals surface area contributed by atoms with E-state index >= 15 is 0 Å². The smallest absolute Gasteiger partial charge is 0.309 e. The standard InChI is InChI=1S/C11H22NO4/c1-9(16-10(2)13)8-11(14)15-7-6-12(3,4)5/h9H,6-8H2,1-5H3/q+1. The Morgan fingerprint density at radius 3 is 2.25 bits per heavy atom. The average Bonchev–Trinajstić information content (AvgIpc) is 1.98. The molecule has 0 aromatic rings. The molecular weight excluding hydrogens is 210 g/mol. The van der Waals surface area contributed by atoms with Crippen LogP contribution in [0.3, 0.4) is 0 Å². The normalized spacial score (nSPS) is 13.1. The van der Waals surface area contributed by atoms with E-state index in [1.807, 2.05) is 21.1 Å². The van der Waals surface area contributed by atoms with E-state index in [0.29, 0.717) is 6.61 Å². The van der Waals surface area contributed by atoms with Crippen molar-refractivity contribution in [2.75, 3.05) is 34.3 Å². The number of quaternary nitrogens is 1. The molecule has 0 amide bonds. The maximum atomic E-state index is 11.3. The molecule has 5 nitrogen and oxygen atoms in total. The van der Waals surface area contributed by atoms with Gasteiger partial charge in [0.1, 0.15) is 19.3 Å². The summed E-state index contributed by atoms with van der Waals surface area (Å²) in [7, 11) is 6.07. The van der Waals surface area contributed by atoms with Gasteiger partial charge in [-0.25, -0.2) is 0 Å². The summed E-state index contributed by atoms with van der Waals surface area (Å²) in [6, 6.07) is 0. The van der Waals surface area contributed by atoms with Crippen molar-refractivity contribution in [3.05, 3.63) is 0 Å². The quantitative estimate of drug-likeness (QED) is 0.496. The third-order valence-corrected chi connectivity index (χ3v) is 1.85. The number of ether oxygens (including phenoxy) is 2. The fourth-order valence-corrected chi connectivity index (χ4v) is 1.05. The molecule has 0 rings (SSSR count). The van der Waals surface area contributed by atoms with Gasteiger partial charge in [0.15, 0.2) is 0 Å². The zero-order valence-corrected chi connectivity index (χ0v) is 10.8. The van der Waals surface area contributed by atoms with Gasteiger partial charge in [-0.05, 0) is 6.92 Å². The maximum Gasteiger partial charge on any atom is 0.309 e. The van der Waals surface area contributed by atoms with Gasteiger partial charge in [0.05, 0.1) is 27.6 Å². The maximum absolute atomic E-state index is 11.3. The number of hydrogen-bond donors (Lipinski definition) is 0. The fraction of sp³-hybridized carbons (Fsp3) is 0.818. The molecule has 0 heterocycles. The minimum atomic E-state index is -0.422. The fourth-order valence-electron chi connectivity index (χ4n) is 1.05. The van der Waals surface area contributed by atoms with E-state index < -0.39 is 6.10 Å². The number of rotatable bonds is 6. The van der Waals surface area contributed by atoms with Crippen LogP contribution in [0.1, 0.15) is 20.3 Å². The van der Waals surface area contributed by atoms with Crippen LogP contribution in [-0.4, -0.2) is 56.8 Å². The lowest BCUT2D eigenvalue weighted by atomic mass is 10.3. The molecule has 94 valence electrons. The summed E-state index contributed by atoms with van der Waals surface area (Å²) >= 11 is 0. The Bertz CT molecular complexity index is 245. The lowest BCUT2D eigenvalue weighted by molar-refractivity contribution is -0.870. The minimum Gasteiger partial charge on any atom is -0.462 e. The second-order valence-corrected chi connectivity index (χ2v) is 4.86. The lowest BCUT2D eigenvalue weighted by Crippen LogP contribution is -2.38. The van der Waals surface area contributed by atoms with Crippen molar-refractivity contribution in [2.45, 2.75) is 26.4 Å². The minimum absolute atomic E-state index is 0.108. The number of hydrogen-bond acceptors (Lipinski definition) is 4. The molecule has 0 aliphatic heterocycles. The summed E-state index contributed by atoms with van der Waals surface area (Å²) in [6.07, 6.45) is -0.314. The molecule has 0 aromatic carbocycles. The first kappa shape index (κ1) is 14.9. The van der Waals surface area contributed by atoms with Crippen molar-refractivity contribution in [3.63, 3.8) is 0 Å². The van der Waals surface area contributed by atoms with Crippen LogP contribution in [0.2, 0.25) is 0 Å². The summed E-state index contributed by atoms with van der Waals surface area (Å²) < 4.78 is 10.6. The summed E-state index contributed by atoms with van der Waals surface area (Å²) in [4.78, 5) is 21.9. The van der Waals surface area contributed by atoms with Crippen molar-refractivity contribution in [1.29, 1.82) is 0 Å². The number of nitrogens with zero attached hydrogens (tertiary/aromatic N) is 1. The first-order valence-electron chi connectivity index (χ1n) is 5.34. The van der Waals surface area contributed by atoms with Crippen molar-refractivity contribution in [2.24, 2.45) is 0 Å². The third-order valence-electron chi connectivity index (χ3n) is 1.85. The number of likely N-dealkylation sites (N-methyl/N-ethyl adjacent to an activating group) is 1. The second kappa shape index (κ2) is 6.48. The van der Waals surface area contributed by atoms with Crippen LogP contribution in [0.5, 0.6) is 0 Å². The van der Waals surface area contributed by atoms with Gasteiger partial charge in [-0.3, -0.25) is 9.59 Å². The van der Waals surface area contributed by atoms with E-state index in [1.165, 1.54) is 6.92 Å². The van der Waals surface area contributed by atoms with Crippen molar-refractivity contribution >= 4 is 11.9 Å². The molecule has 1 atom stereocenters. The Labute approximate surface area is 96.9 Å². The summed E-state index contributed by atoms with van der Waals surface area (Å²) in [5.41, 5.74) is 0. The van der Waals surface area contributed by atoms with Gasteiger partial charge in [0.25, 0.3) is 0 Å². The van der Waals surface area contributed by atoms with E-state index in [-0.39, 0.29) is 18.4 Å². The molecule has 1 unspecified atom stereocenters. The molecule has 0 N–H and O–H groups in total. The van der Waals surface area contributed by atoms with Crippen molar-refractivity contribution < 1.29 is 23.5 Å². The van der Waals surface area contributed by atoms with Crippen LogP contribution < -0.4 is 0 Å². The molecule has 0 radical (unpaired) electrons. The highest BCUT2D eigenvalue weighted by atomic mass is 16.6. The van der Waals surface area contributed by atoms with Gasteiger partial charge in [-0.2, -0.15) is 0 Å². The Kier molecular flexibility index (Phi) is 6.03. The highest BCUT2D eigenvalue weighted by molar-refractivity contribution is 5.71. The molecule has 16 heavy (non-hydrogen) atoms. The Balaban J connectivity index is 3.70. The Morgan fingerprint density at radius 2 is 1.81 bits per heavy atom.